The first-order valence-electron chi connectivity index (χ1n) is 10.6. The van der Waals surface area contributed by atoms with Crippen LogP contribution in [0.4, 0.5) is 0 Å². The standard InChI is InChI=1S/C24H31NO2/c1-2-3-4-24(26)27-23-15-13-22(14-16-23)21-11-9-20(10-12-21)19-7-5-18(17-25)6-8-19/h3-8,20-23H,2,9-16H2,1H3/b4-3+. The Morgan fingerprint density at radius 2 is 1.63 bits per heavy atom. The van der Waals surface area contributed by atoms with E-state index in [9.17, 15) is 4.79 Å². The van der Waals surface area contributed by atoms with Gasteiger partial charge in [-0.1, -0.05) is 25.1 Å². The number of rotatable bonds is 5. The third kappa shape index (κ3) is 5.45. The van der Waals surface area contributed by atoms with Crippen LogP contribution < -0.4 is 0 Å². The highest BCUT2D eigenvalue weighted by Crippen LogP contribution is 2.43. The molecule has 2 aliphatic rings. The number of nitriles is 1. The Kier molecular flexibility index (Phi) is 7.10. The topological polar surface area (TPSA) is 50.1 Å². The molecular formula is C24H31NO2. The van der Waals surface area contributed by atoms with Gasteiger partial charge in [-0.15, -0.1) is 0 Å². The molecule has 27 heavy (non-hydrogen) atoms. The van der Waals surface area contributed by atoms with Gasteiger partial charge >= 0.3 is 5.97 Å². The number of hydrogen-bond acceptors (Lipinski definition) is 3. The number of esters is 1. The molecule has 2 aliphatic carbocycles. The van der Waals surface area contributed by atoms with Gasteiger partial charge in [-0.05, 0) is 93.2 Å². The minimum absolute atomic E-state index is 0.116. The molecule has 0 bridgehead atoms. The van der Waals surface area contributed by atoms with Gasteiger partial charge in [0.1, 0.15) is 6.10 Å². The van der Waals surface area contributed by atoms with E-state index < -0.39 is 0 Å². The first kappa shape index (κ1) is 19.7. The average molecular weight is 366 g/mol. The smallest absolute Gasteiger partial charge is 0.330 e. The summed E-state index contributed by atoms with van der Waals surface area (Å²) in [6.07, 6.45) is 14.0. The second kappa shape index (κ2) is 9.74. The summed E-state index contributed by atoms with van der Waals surface area (Å²) in [7, 11) is 0. The van der Waals surface area contributed by atoms with E-state index in [1.807, 2.05) is 25.1 Å². The molecule has 1 aromatic rings. The van der Waals surface area contributed by atoms with Crippen LogP contribution in [0.3, 0.4) is 0 Å². The SMILES string of the molecule is CC/C=C/C(=O)OC1CCC(C2CCC(c3ccc(C#N)cc3)CC2)CC1. The summed E-state index contributed by atoms with van der Waals surface area (Å²) in [6.45, 7) is 2.02. The second-order valence-electron chi connectivity index (χ2n) is 8.13. The highest BCUT2D eigenvalue weighted by atomic mass is 16.5. The summed E-state index contributed by atoms with van der Waals surface area (Å²) < 4.78 is 5.57. The van der Waals surface area contributed by atoms with Gasteiger partial charge in [-0.25, -0.2) is 4.79 Å². The largest absolute Gasteiger partial charge is 0.459 e. The molecule has 144 valence electrons. The normalized spacial score (nSPS) is 28.6. The molecular weight excluding hydrogens is 334 g/mol. The van der Waals surface area contributed by atoms with E-state index in [1.54, 1.807) is 6.08 Å². The fourth-order valence-electron chi connectivity index (χ4n) is 4.85. The molecule has 2 fully saturated rings. The van der Waals surface area contributed by atoms with Crippen LogP contribution in [0, 0.1) is 23.2 Å². The van der Waals surface area contributed by atoms with Crippen molar-refractivity contribution in [1.29, 1.82) is 5.26 Å². The maximum Gasteiger partial charge on any atom is 0.330 e. The van der Waals surface area contributed by atoms with Gasteiger partial charge in [0.2, 0.25) is 0 Å². The van der Waals surface area contributed by atoms with Crippen LogP contribution in [-0.4, -0.2) is 12.1 Å². The predicted octanol–water partition coefficient (Wildman–Crippen LogP) is 5.90. The van der Waals surface area contributed by atoms with Crippen molar-refractivity contribution in [3.63, 3.8) is 0 Å². The molecule has 3 heteroatoms. The Morgan fingerprint density at radius 1 is 1.04 bits per heavy atom. The molecule has 0 radical (unpaired) electrons. The highest BCUT2D eigenvalue weighted by molar-refractivity contribution is 5.82. The van der Waals surface area contributed by atoms with E-state index in [4.69, 9.17) is 10.00 Å². The molecule has 0 N–H and O–H groups in total. The Morgan fingerprint density at radius 3 is 2.19 bits per heavy atom. The van der Waals surface area contributed by atoms with E-state index in [1.165, 1.54) is 44.1 Å². The summed E-state index contributed by atoms with van der Waals surface area (Å²) in [6, 6.07) is 10.4. The zero-order valence-corrected chi connectivity index (χ0v) is 16.4. The van der Waals surface area contributed by atoms with Gasteiger partial charge in [0.25, 0.3) is 0 Å². The summed E-state index contributed by atoms with van der Waals surface area (Å²) in [5, 5.41) is 8.94. The maximum atomic E-state index is 11.7. The fourth-order valence-corrected chi connectivity index (χ4v) is 4.85. The number of ether oxygens (including phenoxy) is 1. The van der Waals surface area contributed by atoms with Crippen LogP contribution in [0.25, 0.3) is 0 Å². The lowest BCUT2D eigenvalue weighted by Gasteiger charge is -2.37. The Bertz CT molecular complexity index is 669. The first-order chi connectivity index (χ1) is 13.2. The number of carbonyl (C=O) groups excluding carboxylic acids is 1. The van der Waals surface area contributed by atoms with Crippen molar-refractivity contribution in [2.24, 2.45) is 11.8 Å². The summed E-state index contributed by atoms with van der Waals surface area (Å²) in [5.41, 5.74) is 2.14. The van der Waals surface area contributed by atoms with E-state index in [0.717, 1.165) is 36.7 Å². The van der Waals surface area contributed by atoms with Crippen LogP contribution in [0.15, 0.2) is 36.4 Å². The van der Waals surface area contributed by atoms with Crippen LogP contribution in [-0.2, 0) is 9.53 Å². The lowest BCUT2D eigenvalue weighted by Crippen LogP contribution is -2.29. The second-order valence-corrected chi connectivity index (χ2v) is 8.13. The lowest BCUT2D eigenvalue weighted by atomic mass is 9.69. The first-order valence-corrected chi connectivity index (χ1v) is 10.6. The van der Waals surface area contributed by atoms with Gasteiger partial charge in [-0.2, -0.15) is 5.26 Å². The monoisotopic (exact) mass is 365 g/mol. The van der Waals surface area contributed by atoms with E-state index in [2.05, 4.69) is 18.2 Å². The summed E-state index contributed by atoms with van der Waals surface area (Å²) in [4.78, 5) is 11.7. The molecule has 0 saturated heterocycles. The molecule has 2 saturated carbocycles. The summed E-state index contributed by atoms with van der Waals surface area (Å²) in [5.74, 6) is 2.10. The van der Waals surface area contributed by atoms with Gasteiger partial charge < -0.3 is 4.74 Å². The zero-order valence-electron chi connectivity index (χ0n) is 16.4. The zero-order chi connectivity index (χ0) is 19.1. The number of hydrogen-bond donors (Lipinski definition) is 0. The summed E-state index contributed by atoms with van der Waals surface area (Å²) >= 11 is 0. The van der Waals surface area contributed by atoms with Crippen molar-refractivity contribution in [3.8, 4) is 6.07 Å². The van der Waals surface area contributed by atoms with Crippen molar-refractivity contribution in [2.45, 2.75) is 76.7 Å². The average Bonchev–Trinajstić information content (AvgIpc) is 2.73. The van der Waals surface area contributed by atoms with Crippen LogP contribution in [0.5, 0.6) is 0 Å². The molecule has 3 nitrogen and oxygen atoms in total. The van der Waals surface area contributed by atoms with Crippen LogP contribution in [0.2, 0.25) is 0 Å². The van der Waals surface area contributed by atoms with E-state index in [0.29, 0.717) is 5.92 Å². The van der Waals surface area contributed by atoms with Crippen LogP contribution >= 0.6 is 0 Å². The molecule has 3 rings (SSSR count). The Hall–Kier alpha value is -2.08. The third-order valence-electron chi connectivity index (χ3n) is 6.44. The number of carbonyl (C=O) groups is 1. The third-order valence-corrected chi connectivity index (χ3v) is 6.44. The van der Waals surface area contributed by atoms with Crippen molar-refractivity contribution < 1.29 is 9.53 Å². The van der Waals surface area contributed by atoms with Crippen molar-refractivity contribution >= 4 is 5.97 Å². The highest BCUT2D eigenvalue weighted by Gasteiger charge is 2.32. The molecule has 0 heterocycles. The molecule has 0 unspecified atom stereocenters. The Balaban J connectivity index is 1.42. The van der Waals surface area contributed by atoms with Gasteiger partial charge in [0.15, 0.2) is 0 Å². The van der Waals surface area contributed by atoms with E-state index >= 15 is 0 Å². The molecule has 0 amide bonds. The van der Waals surface area contributed by atoms with Crippen LogP contribution in [0.1, 0.15) is 81.8 Å². The number of nitrogens with zero attached hydrogens (tertiary/aromatic N) is 1. The number of allylic oxidation sites excluding steroid dienone is 1. The van der Waals surface area contributed by atoms with Gasteiger partial charge in [-0.3, -0.25) is 0 Å². The van der Waals surface area contributed by atoms with Crippen molar-refractivity contribution in [2.75, 3.05) is 0 Å². The van der Waals surface area contributed by atoms with Crippen molar-refractivity contribution in [3.05, 3.63) is 47.5 Å². The minimum Gasteiger partial charge on any atom is -0.459 e. The van der Waals surface area contributed by atoms with Crippen molar-refractivity contribution in [1.82, 2.24) is 0 Å². The molecule has 1 aromatic carbocycles. The maximum absolute atomic E-state index is 11.7. The van der Waals surface area contributed by atoms with E-state index in [-0.39, 0.29) is 12.1 Å². The molecule has 0 aromatic heterocycles. The Labute approximate surface area is 163 Å². The van der Waals surface area contributed by atoms with Gasteiger partial charge in [0, 0.05) is 6.08 Å². The molecule has 0 atom stereocenters. The fraction of sp³-hybridized carbons (Fsp3) is 0.583. The molecule has 0 aliphatic heterocycles. The predicted molar refractivity (Wildman–Crippen MR) is 107 cm³/mol. The minimum atomic E-state index is -0.178. The van der Waals surface area contributed by atoms with Gasteiger partial charge in [0.05, 0.1) is 11.6 Å². The lowest BCUT2D eigenvalue weighted by molar-refractivity contribution is -0.145. The number of benzene rings is 1. The quantitative estimate of drug-likeness (QED) is 0.482. The molecule has 0 spiro atoms.